The van der Waals surface area contributed by atoms with Gasteiger partial charge >= 0.3 is 0 Å². The van der Waals surface area contributed by atoms with Gasteiger partial charge in [0.2, 0.25) is 0 Å². The largest absolute Gasteiger partial charge is 0.393 e. The predicted octanol–water partition coefficient (Wildman–Crippen LogP) is 1.22. The van der Waals surface area contributed by atoms with Gasteiger partial charge in [0.05, 0.1) is 22.8 Å². The fraction of sp³-hybridized carbons (Fsp3) is 0.714. The van der Waals surface area contributed by atoms with Gasteiger partial charge in [0.25, 0.3) is 5.91 Å². The van der Waals surface area contributed by atoms with E-state index in [1.54, 1.807) is 25.3 Å². The van der Waals surface area contributed by atoms with Crippen LogP contribution in [0.5, 0.6) is 0 Å². The molecule has 0 unspecified atom stereocenters. The van der Waals surface area contributed by atoms with Crippen LogP contribution in [0.25, 0.3) is 0 Å². The molecular weight excluding hydrogens is 294 g/mol. The molecule has 21 heavy (non-hydrogen) atoms. The highest BCUT2D eigenvalue weighted by atomic mass is 35.5. The molecule has 1 aliphatic heterocycles. The molecule has 2 fully saturated rings. The lowest BCUT2D eigenvalue weighted by Crippen LogP contribution is -2.52. The first-order valence-electron chi connectivity index (χ1n) is 7.20. The number of likely N-dealkylation sites (tertiary alicyclic amines) is 1. The number of aromatic nitrogens is 2. The van der Waals surface area contributed by atoms with Crippen molar-refractivity contribution in [2.75, 3.05) is 13.7 Å². The van der Waals surface area contributed by atoms with Crippen molar-refractivity contribution in [3.63, 3.8) is 0 Å². The van der Waals surface area contributed by atoms with Crippen LogP contribution in [0.3, 0.4) is 0 Å². The van der Waals surface area contributed by atoms with Gasteiger partial charge in [-0.25, -0.2) is 0 Å². The van der Waals surface area contributed by atoms with Crippen molar-refractivity contribution in [3.8, 4) is 0 Å². The molecule has 1 aromatic heterocycles. The number of ether oxygens (including phenoxy) is 1. The minimum Gasteiger partial charge on any atom is -0.393 e. The van der Waals surface area contributed by atoms with E-state index in [1.807, 2.05) is 0 Å². The zero-order valence-corrected chi connectivity index (χ0v) is 13.0. The van der Waals surface area contributed by atoms with Crippen molar-refractivity contribution in [3.05, 3.63) is 16.9 Å². The molecule has 0 radical (unpaired) electrons. The minimum absolute atomic E-state index is 0.114. The molecule has 2 aliphatic rings. The standard InChI is InChI=1S/C14H20ClN3O3/c1-17-8-10(15)12(16-17)13(20)18-6-5-14(21-2)4-3-9(19)7-11(14)18/h8-9,11,19H,3-7H2,1-2H3/t9-,11-,14+/m0/s1. The van der Waals surface area contributed by atoms with Gasteiger partial charge in [0.15, 0.2) is 5.69 Å². The van der Waals surface area contributed by atoms with Gasteiger partial charge < -0.3 is 14.7 Å². The van der Waals surface area contributed by atoms with E-state index in [0.29, 0.717) is 18.0 Å². The second-order valence-electron chi connectivity index (χ2n) is 5.96. The quantitative estimate of drug-likeness (QED) is 0.891. The molecule has 0 aromatic carbocycles. The molecule has 0 spiro atoms. The molecule has 1 saturated heterocycles. The van der Waals surface area contributed by atoms with Crippen LogP contribution in [0.2, 0.25) is 5.02 Å². The zero-order valence-electron chi connectivity index (χ0n) is 12.3. The number of hydrogen-bond acceptors (Lipinski definition) is 4. The van der Waals surface area contributed by atoms with Gasteiger partial charge in [0.1, 0.15) is 0 Å². The number of nitrogens with zero attached hydrogens (tertiary/aromatic N) is 3. The molecule has 2 heterocycles. The molecule has 1 aromatic rings. The van der Waals surface area contributed by atoms with E-state index >= 15 is 0 Å². The fourth-order valence-electron chi connectivity index (χ4n) is 3.66. The topological polar surface area (TPSA) is 67.6 Å². The Labute approximate surface area is 128 Å². The summed E-state index contributed by atoms with van der Waals surface area (Å²) >= 11 is 6.08. The molecule has 3 rings (SSSR count). The van der Waals surface area contributed by atoms with Crippen molar-refractivity contribution >= 4 is 17.5 Å². The number of aliphatic hydroxyl groups is 1. The maximum absolute atomic E-state index is 12.7. The van der Waals surface area contributed by atoms with Crippen LogP contribution < -0.4 is 0 Å². The Morgan fingerprint density at radius 2 is 2.33 bits per heavy atom. The first-order valence-corrected chi connectivity index (χ1v) is 7.58. The highest BCUT2D eigenvalue weighted by Crippen LogP contribution is 2.43. The second-order valence-corrected chi connectivity index (χ2v) is 6.37. The molecular formula is C14H20ClN3O3. The molecule has 1 aliphatic carbocycles. The van der Waals surface area contributed by atoms with Gasteiger partial charge in [-0.2, -0.15) is 5.10 Å². The summed E-state index contributed by atoms with van der Waals surface area (Å²) in [5.74, 6) is -0.182. The summed E-state index contributed by atoms with van der Waals surface area (Å²) in [6.45, 7) is 0.608. The molecule has 1 saturated carbocycles. The predicted molar refractivity (Wildman–Crippen MR) is 77.3 cm³/mol. The molecule has 3 atom stereocenters. The Kier molecular flexibility index (Phi) is 3.71. The molecule has 1 amide bonds. The van der Waals surface area contributed by atoms with Gasteiger partial charge in [0, 0.05) is 26.9 Å². The Morgan fingerprint density at radius 3 is 2.95 bits per heavy atom. The molecule has 0 bridgehead atoms. The third-order valence-electron chi connectivity index (χ3n) is 4.81. The Bertz CT molecular complexity index is 562. The van der Waals surface area contributed by atoms with Crippen molar-refractivity contribution in [1.82, 2.24) is 14.7 Å². The minimum atomic E-state index is -0.383. The van der Waals surface area contributed by atoms with E-state index in [9.17, 15) is 9.90 Å². The van der Waals surface area contributed by atoms with Crippen molar-refractivity contribution in [2.24, 2.45) is 7.05 Å². The lowest BCUT2D eigenvalue weighted by Gasteiger charge is -2.42. The summed E-state index contributed by atoms with van der Waals surface area (Å²) in [7, 11) is 3.42. The normalized spacial score (nSPS) is 32.3. The number of rotatable bonds is 2. The van der Waals surface area contributed by atoms with E-state index in [0.717, 1.165) is 19.3 Å². The number of hydrogen-bond donors (Lipinski definition) is 1. The van der Waals surface area contributed by atoms with Crippen LogP contribution in [0, 0.1) is 0 Å². The SMILES string of the molecule is CO[C@@]12CC[C@H](O)C[C@@H]1N(C(=O)c1nn(C)cc1Cl)CC2. The number of amides is 1. The summed E-state index contributed by atoms with van der Waals surface area (Å²) in [4.78, 5) is 14.5. The van der Waals surface area contributed by atoms with Crippen LogP contribution >= 0.6 is 11.6 Å². The summed E-state index contributed by atoms with van der Waals surface area (Å²) in [5, 5.41) is 14.5. The van der Waals surface area contributed by atoms with E-state index in [4.69, 9.17) is 16.3 Å². The Hall–Kier alpha value is -1.11. The second kappa shape index (κ2) is 5.26. The number of aryl methyl sites for hydroxylation is 1. The number of methoxy groups -OCH3 is 1. The molecule has 116 valence electrons. The highest BCUT2D eigenvalue weighted by Gasteiger charge is 2.52. The average molecular weight is 314 g/mol. The van der Waals surface area contributed by atoms with E-state index in [-0.39, 0.29) is 29.3 Å². The van der Waals surface area contributed by atoms with Crippen LogP contribution in [0.1, 0.15) is 36.2 Å². The third-order valence-corrected chi connectivity index (χ3v) is 5.09. The Morgan fingerprint density at radius 1 is 1.57 bits per heavy atom. The Balaban J connectivity index is 1.89. The molecule has 6 nitrogen and oxygen atoms in total. The number of carbonyl (C=O) groups excluding carboxylic acids is 1. The van der Waals surface area contributed by atoms with Gasteiger partial charge in [-0.3, -0.25) is 9.48 Å². The fourth-order valence-corrected chi connectivity index (χ4v) is 3.92. The van der Waals surface area contributed by atoms with Gasteiger partial charge in [-0.05, 0) is 25.7 Å². The monoisotopic (exact) mass is 313 g/mol. The smallest absolute Gasteiger partial charge is 0.276 e. The first-order chi connectivity index (χ1) is 9.97. The van der Waals surface area contributed by atoms with E-state index in [2.05, 4.69) is 5.10 Å². The number of aliphatic hydroxyl groups excluding tert-OH is 1. The highest BCUT2D eigenvalue weighted by molar-refractivity contribution is 6.33. The van der Waals surface area contributed by atoms with E-state index < -0.39 is 0 Å². The number of carbonyl (C=O) groups is 1. The summed E-state index contributed by atoms with van der Waals surface area (Å²) in [6, 6.07) is -0.114. The van der Waals surface area contributed by atoms with Crippen LogP contribution in [0.4, 0.5) is 0 Å². The summed E-state index contributed by atoms with van der Waals surface area (Å²) in [5.41, 5.74) is -0.0676. The summed E-state index contributed by atoms with van der Waals surface area (Å²) in [6.07, 6.45) is 4.06. The first kappa shape index (κ1) is 14.8. The van der Waals surface area contributed by atoms with Crippen molar-refractivity contribution in [2.45, 2.75) is 43.4 Å². The lowest BCUT2D eigenvalue weighted by atomic mass is 9.79. The summed E-state index contributed by atoms with van der Waals surface area (Å²) < 4.78 is 7.27. The number of fused-ring (bicyclic) bond motifs is 1. The maximum Gasteiger partial charge on any atom is 0.276 e. The lowest BCUT2D eigenvalue weighted by molar-refractivity contribution is -0.0824. The molecule has 7 heteroatoms. The van der Waals surface area contributed by atoms with Crippen LogP contribution in [0.15, 0.2) is 6.20 Å². The zero-order chi connectivity index (χ0) is 15.2. The van der Waals surface area contributed by atoms with Crippen molar-refractivity contribution < 1.29 is 14.6 Å². The van der Waals surface area contributed by atoms with Crippen LogP contribution in [-0.4, -0.2) is 57.1 Å². The average Bonchev–Trinajstić information content (AvgIpc) is 2.99. The third kappa shape index (κ3) is 2.35. The van der Waals surface area contributed by atoms with Crippen LogP contribution in [-0.2, 0) is 11.8 Å². The number of halogens is 1. The van der Waals surface area contributed by atoms with Crippen molar-refractivity contribution in [1.29, 1.82) is 0 Å². The molecule has 1 N–H and O–H groups in total. The van der Waals surface area contributed by atoms with Gasteiger partial charge in [-0.1, -0.05) is 11.6 Å². The van der Waals surface area contributed by atoms with E-state index in [1.165, 1.54) is 4.68 Å². The van der Waals surface area contributed by atoms with Gasteiger partial charge in [-0.15, -0.1) is 0 Å². The maximum atomic E-state index is 12.7.